The van der Waals surface area contributed by atoms with Gasteiger partial charge in [-0.05, 0) is 55.5 Å². The summed E-state index contributed by atoms with van der Waals surface area (Å²) in [5, 5.41) is 9.64. The second-order valence-corrected chi connectivity index (χ2v) is 12.5. The molecular weight excluding hydrogens is 644 g/mol. The fourth-order valence-electron chi connectivity index (χ4n) is 6.93. The predicted molar refractivity (Wildman–Crippen MR) is 181 cm³/mol. The van der Waals surface area contributed by atoms with E-state index in [9.17, 15) is 10.1 Å². The van der Waals surface area contributed by atoms with Crippen LogP contribution in [0.15, 0.2) is 77.8 Å². The van der Waals surface area contributed by atoms with Crippen LogP contribution >= 0.6 is 0 Å². The molecule has 256 valence electrons. The van der Waals surface area contributed by atoms with Crippen LogP contribution in [0.1, 0.15) is 36.5 Å². The van der Waals surface area contributed by atoms with Crippen molar-refractivity contribution in [1.82, 2.24) is 9.88 Å². The summed E-state index contributed by atoms with van der Waals surface area (Å²) in [6.45, 7) is 3.86. The third-order valence-electron chi connectivity index (χ3n) is 9.23. The number of benzene rings is 3. The van der Waals surface area contributed by atoms with Crippen LogP contribution in [0.5, 0.6) is 29.0 Å². The smallest absolute Gasteiger partial charge is 0.311 e. The van der Waals surface area contributed by atoms with Crippen LogP contribution < -0.4 is 19.1 Å². The number of aliphatic imine (C=N–C) groups is 1. The Bertz CT molecular complexity index is 1980. The van der Waals surface area contributed by atoms with E-state index in [0.29, 0.717) is 25.9 Å². The van der Waals surface area contributed by atoms with E-state index in [4.69, 9.17) is 18.9 Å². The molecular formula is C38H35F2N5O5. The zero-order valence-corrected chi connectivity index (χ0v) is 27.6. The molecule has 1 aromatic heterocycles. The number of rotatable bonds is 11. The van der Waals surface area contributed by atoms with Gasteiger partial charge in [-0.1, -0.05) is 42.5 Å². The van der Waals surface area contributed by atoms with Crippen molar-refractivity contribution in [2.75, 3.05) is 38.2 Å². The standard InChI is InChI=1S/C38H35F2N5O5/c1-3-47-38(46)28-16-25-17-29(28)45(21-25)34-32(39)36(49-27-11-7-10-26(19-27)35-42-14-15-44(35)2)43-37(33(34)40)50-31-18-24(20-41)12-13-30(31)48-22-23-8-5-4-6-9-23/h4-13,18-19,25,28-29H,3,14-17,21-22H2,1-2H3. The van der Waals surface area contributed by atoms with Crippen LogP contribution in [0.25, 0.3) is 0 Å². The molecule has 1 saturated carbocycles. The molecule has 3 aliphatic rings. The maximum atomic E-state index is 16.7. The first-order valence-electron chi connectivity index (χ1n) is 16.6. The number of hydrogen-bond acceptors (Lipinski definition) is 10. The average molecular weight is 680 g/mol. The largest absolute Gasteiger partial charge is 0.485 e. The van der Waals surface area contributed by atoms with Gasteiger partial charge in [-0.3, -0.25) is 9.79 Å². The van der Waals surface area contributed by atoms with Gasteiger partial charge in [-0.15, -0.1) is 0 Å². The van der Waals surface area contributed by atoms with Gasteiger partial charge in [0, 0.05) is 37.8 Å². The molecule has 10 nitrogen and oxygen atoms in total. The van der Waals surface area contributed by atoms with E-state index in [0.717, 1.165) is 23.5 Å². The summed E-state index contributed by atoms with van der Waals surface area (Å²) in [6, 6.07) is 22.5. The number of carbonyl (C=O) groups excluding carboxylic acids is 1. The van der Waals surface area contributed by atoms with Crippen molar-refractivity contribution < 1.29 is 32.5 Å². The zero-order valence-electron chi connectivity index (χ0n) is 27.6. The van der Waals surface area contributed by atoms with Crippen molar-refractivity contribution in [3.63, 3.8) is 0 Å². The van der Waals surface area contributed by atoms with E-state index >= 15 is 8.78 Å². The lowest BCUT2D eigenvalue weighted by atomic mass is 9.97. The number of anilines is 1. The van der Waals surface area contributed by atoms with Gasteiger partial charge in [-0.2, -0.15) is 19.0 Å². The summed E-state index contributed by atoms with van der Waals surface area (Å²) in [4.78, 5) is 25.2. The number of nitrogens with zero attached hydrogens (tertiary/aromatic N) is 5. The number of piperidine rings is 1. The Kier molecular flexibility index (Phi) is 9.21. The van der Waals surface area contributed by atoms with Crippen molar-refractivity contribution >= 4 is 17.5 Å². The molecule has 0 radical (unpaired) electrons. The molecule has 7 rings (SSSR count). The number of halogens is 2. The van der Waals surface area contributed by atoms with Gasteiger partial charge in [0.1, 0.15) is 23.9 Å². The Balaban J connectivity index is 1.28. The summed E-state index contributed by atoms with van der Waals surface area (Å²) in [7, 11) is 1.93. The minimum atomic E-state index is -1.07. The second-order valence-electron chi connectivity index (χ2n) is 12.5. The van der Waals surface area contributed by atoms with Crippen molar-refractivity contribution in [2.24, 2.45) is 16.8 Å². The third-order valence-corrected chi connectivity index (χ3v) is 9.23. The molecule has 0 N–H and O–H groups in total. The lowest BCUT2D eigenvalue weighted by molar-refractivity contribution is -0.148. The van der Waals surface area contributed by atoms with E-state index in [-0.39, 0.29) is 41.9 Å². The number of fused-ring (bicyclic) bond motifs is 2. The molecule has 2 bridgehead atoms. The number of ether oxygens (including phenoxy) is 4. The normalized spacial score (nSPS) is 19.3. The topological polar surface area (TPSA) is 110 Å². The Morgan fingerprint density at radius 3 is 2.50 bits per heavy atom. The summed E-state index contributed by atoms with van der Waals surface area (Å²) < 4.78 is 56.8. The first-order chi connectivity index (χ1) is 24.3. The molecule has 50 heavy (non-hydrogen) atoms. The van der Waals surface area contributed by atoms with E-state index in [1.54, 1.807) is 42.2 Å². The quantitative estimate of drug-likeness (QED) is 0.157. The highest BCUT2D eigenvalue weighted by Crippen LogP contribution is 2.48. The monoisotopic (exact) mass is 679 g/mol. The molecule has 2 fully saturated rings. The van der Waals surface area contributed by atoms with Crippen LogP contribution in [0.3, 0.4) is 0 Å². The summed E-state index contributed by atoms with van der Waals surface area (Å²) in [5.41, 5.74) is 1.47. The van der Waals surface area contributed by atoms with Gasteiger partial charge in [0.25, 0.3) is 11.8 Å². The van der Waals surface area contributed by atoms with Gasteiger partial charge in [0.15, 0.2) is 11.5 Å². The minimum Gasteiger partial charge on any atom is -0.485 e. The van der Waals surface area contributed by atoms with Crippen LogP contribution in [-0.2, 0) is 16.1 Å². The molecule has 12 heteroatoms. The number of aromatic nitrogens is 1. The number of nitriles is 1. The highest BCUT2D eigenvalue weighted by atomic mass is 19.1. The summed E-state index contributed by atoms with van der Waals surface area (Å²) in [6.07, 6.45) is 1.16. The SMILES string of the molecule is CCOC(=O)C1CC2CC1N(c1c(F)c(Oc3cccc(C4=NCCN4C)c3)nc(Oc3cc(C#N)ccc3OCc3ccccc3)c1F)C2. The zero-order chi connectivity index (χ0) is 34.8. The van der Waals surface area contributed by atoms with Gasteiger partial charge in [0.2, 0.25) is 11.6 Å². The Morgan fingerprint density at radius 1 is 0.980 bits per heavy atom. The number of hydrogen-bond donors (Lipinski definition) is 0. The maximum absolute atomic E-state index is 16.7. The van der Waals surface area contributed by atoms with Crippen LogP contribution in [0.2, 0.25) is 0 Å². The summed E-state index contributed by atoms with van der Waals surface area (Å²) in [5.74, 6) is -2.84. The fraction of sp³-hybridized carbons (Fsp3) is 0.316. The molecule has 3 atom stereocenters. The van der Waals surface area contributed by atoms with E-state index < -0.39 is 47.0 Å². The van der Waals surface area contributed by atoms with Crippen LogP contribution in [-0.4, -0.2) is 61.0 Å². The molecule has 3 aromatic carbocycles. The molecule has 4 aromatic rings. The highest BCUT2D eigenvalue weighted by molar-refractivity contribution is 5.99. The second kappa shape index (κ2) is 14.0. The van der Waals surface area contributed by atoms with Crippen LogP contribution in [0, 0.1) is 34.8 Å². The number of carbonyl (C=O) groups is 1. The Labute approximate surface area is 288 Å². The third kappa shape index (κ3) is 6.51. The average Bonchev–Trinajstić information content (AvgIpc) is 3.87. The lowest BCUT2D eigenvalue weighted by Gasteiger charge is -2.34. The van der Waals surface area contributed by atoms with Gasteiger partial charge < -0.3 is 28.7 Å². The first kappa shape index (κ1) is 32.8. The number of amidine groups is 1. The van der Waals surface area contributed by atoms with Gasteiger partial charge >= 0.3 is 5.97 Å². The molecule has 3 heterocycles. The summed E-state index contributed by atoms with van der Waals surface area (Å²) >= 11 is 0. The van der Waals surface area contributed by atoms with E-state index in [1.165, 1.54) is 6.07 Å². The Morgan fingerprint density at radius 2 is 1.78 bits per heavy atom. The first-order valence-corrected chi connectivity index (χ1v) is 16.6. The molecule has 3 unspecified atom stereocenters. The molecule has 0 spiro atoms. The fourth-order valence-corrected chi connectivity index (χ4v) is 6.93. The molecule has 1 aliphatic carbocycles. The van der Waals surface area contributed by atoms with E-state index in [1.807, 2.05) is 48.3 Å². The van der Waals surface area contributed by atoms with Crippen molar-refractivity contribution in [3.8, 4) is 35.1 Å². The highest BCUT2D eigenvalue weighted by Gasteiger charge is 2.50. The number of pyridine rings is 1. The van der Waals surface area contributed by atoms with Crippen molar-refractivity contribution in [2.45, 2.75) is 32.4 Å². The van der Waals surface area contributed by atoms with Gasteiger partial charge in [0.05, 0.1) is 30.7 Å². The minimum absolute atomic E-state index is 0.00603. The van der Waals surface area contributed by atoms with Crippen molar-refractivity contribution in [3.05, 3.63) is 101 Å². The van der Waals surface area contributed by atoms with Crippen LogP contribution in [0.4, 0.5) is 14.5 Å². The Hall–Kier alpha value is -5.70. The lowest BCUT2D eigenvalue weighted by Crippen LogP contribution is -2.43. The maximum Gasteiger partial charge on any atom is 0.311 e. The number of esters is 1. The number of likely N-dealkylation sites (N-methyl/N-ethyl adjacent to an activating group) is 1. The van der Waals surface area contributed by atoms with Crippen molar-refractivity contribution in [1.29, 1.82) is 5.26 Å². The van der Waals surface area contributed by atoms with E-state index in [2.05, 4.69) is 16.0 Å². The molecule has 1 saturated heterocycles. The molecule has 0 amide bonds. The predicted octanol–water partition coefficient (Wildman–Crippen LogP) is 6.86. The molecule has 2 aliphatic heterocycles. The van der Waals surface area contributed by atoms with Gasteiger partial charge in [-0.25, -0.2) is 0 Å².